The molecule has 152 valence electrons. The van der Waals surface area contributed by atoms with E-state index in [1.165, 1.54) is 23.5 Å². The van der Waals surface area contributed by atoms with Gasteiger partial charge in [-0.1, -0.05) is 42.5 Å². The summed E-state index contributed by atoms with van der Waals surface area (Å²) in [6, 6.07) is 14.5. The number of nitrogens with zero attached hydrogens (tertiary/aromatic N) is 1. The lowest BCUT2D eigenvalue weighted by molar-refractivity contribution is -0.274. The van der Waals surface area contributed by atoms with Crippen LogP contribution in [-0.4, -0.2) is 28.9 Å². The number of ether oxygens (including phenoxy) is 1. The number of benzene rings is 2. The Kier molecular flexibility index (Phi) is 6.50. The molecule has 0 bridgehead atoms. The molecule has 0 spiro atoms. The molecule has 0 aliphatic rings. The maximum atomic E-state index is 12.2. The first-order chi connectivity index (χ1) is 13.8. The molecule has 1 heterocycles. The van der Waals surface area contributed by atoms with Gasteiger partial charge < -0.3 is 15.2 Å². The number of alkyl halides is 3. The Hall–Kier alpha value is -2.91. The highest BCUT2D eigenvalue weighted by molar-refractivity contribution is 7.09. The van der Waals surface area contributed by atoms with Crippen molar-refractivity contribution in [2.24, 2.45) is 0 Å². The minimum atomic E-state index is -4.78. The van der Waals surface area contributed by atoms with Gasteiger partial charge in [-0.3, -0.25) is 4.79 Å². The van der Waals surface area contributed by atoms with E-state index in [0.29, 0.717) is 12.0 Å². The summed E-state index contributed by atoms with van der Waals surface area (Å²) in [5.41, 5.74) is 1.69. The van der Waals surface area contributed by atoms with E-state index in [4.69, 9.17) is 0 Å². The minimum Gasteiger partial charge on any atom is -0.406 e. The van der Waals surface area contributed by atoms with Gasteiger partial charge in [0.05, 0.1) is 11.1 Å². The smallest absolute Gasteiger partial charge is 0.406 e. The Morgan fingerprint density at radius 2 is 1.83 bits per heavy atom. The maximum Gasteiger partial charge on any atom is 0.573 e. The SMILES string of the molecule is O=C(NCC(O)c1ccc(OC(F)(F)F)cc1)c1csc(Cc2ccccc2)n1. The summed E-state index contributed by atoms with van der Waals surface area (Å²) in [4.78, 5) is 16.5. The molecule has 1 unspecified atom stereocenters. The molecule has 2 aromatic carbocycles. The lowest BCUT2D eigenvalue weighted by Gasteiger charge is -2.13. The fourth-order valence-electron chi connectivity index (χ4n) is 2.56. The van der Waals surface area contributed by atoms with E-state index in [1.807, 2.05) is 30.3 Å². The van der Waals surface area contributed by atoms with Crippen LogP contribution in [0.5, 0.6) is 5.75 Å². The van der Waals surface area contributed by atoms with Crippen LogP contribution >= 0.6 is 11.3 Å². The highest BCUT2D eigenvalue weighted by Crippen LogP contribution is 2.24. The number of amides is 1. The first-order valence-electron chi connectivity index (χ1n) is 8.60. The molecule has 29 heavy (non-hydrogen) atoms. The van der Waals surface area contributed by atoms with E-state index < -0.39 is 18.4 Å². The lowest BCUT2D eigenvalue weighted by atomic mass is 10.1. The van der Waals surface area contributed by atoms with Gasteiger partial charge in [0, 0.05) is 18.3 Å². The van der Waals surface area contributed by atoms with Gasteiger partial charge >= 0.3 is 6.36 Å². The van der Waals surface area contributed by atoms with Gasteiger partial charge in [0.1, 0.15) is 11.4 Å². The number of thiazole rings is 1. The molecule has 0 saturated heterocycles. The minimum absolute atomic E-state index is 0.107. The number of aromatic nitrogens is 1. The molecule has 0 fully saturated rings. The summed E-state index contributed by atoms with van der Waals surface area (Å²) < 4.78 is 40.3. The van der Waals surface area contributed by atoms with E-state index in [1.54, 1.807) is 5.38 Å². The number of aliphatic hydroxyl groups is 1. The van der Waals surface area contributed by atoms with Gasteiger partial charge in [0.25, 0.3) is 5.91 Å². The van der Waals surface area contributed by atoms with Crippen molar-refractivity contribution >= 4 is 17.2 Å². The van der Waals surface area contributed by atoms with Crippen LogP contribution < -0.4 is 10.1 Å². The third-order valence-electron chi connectivity index (χ3n) is 3.94. The predicted octanol–water partition coefficient (Wildman–Crippen LogP) is 4.10. The maximum absolute atomic E-state index is 12.2. The van der Waals surface area contributed by atoms with Crippen LogP contribution in [0.4, 0.5) is 13.2 Å². The first kappa shape index (κ1) is 20.8. The highest BCUT2D eigenvalue weighted by Gasteiger charge is 2.31. The molecule has 0 aliphatic carbocycles. The van der Waals surface area contributed by atoms with Crippen LogP contribution in [0.15, 0.2) is 60.0 Å². The Balaban J connectivity index is 1.52. The van der Waals surface area contributed by atoms with Gasteiger partial charge in [-0.15, -0.1) is 24.5 Å². The standard InChI is InChI=1S/C20H17F3N2O3S/c21-20(22,23)28-15-8-6-14(7-9-15)17(26)11-24-19(27)16-12-29-18(25-16)10-13-4-2-1-3-5-13/h1-9,12,17,26H,10-11H2,(H,24,27). The monoisotopic (exact) mass is 422 g/mol. The number of hydrogen-bond acceptors (Lipinski definition) is 5. The predicted molar refractivity (Wildman–Crippen MR) is 102 cm³/mol. The average molecular weight is 422 g/mol. The molecule has 1 atom stereocenters. The molecular formula is C20H17F3N2O3S. The largest absolute Gasteiger partial charge is 0.573 e. The van der Waals surface area contributed by atoms with E-state index >= 15 is 0 Å². The topological polar surface area (TPSA) is 71.5 Å². The van der Waals surface area contributed by atoms with Gasteiger partial charge in [-0.25, -0.2) is 4.98 Å². The van der Waals surface area contributed by atoms with Crippen molar-refractivity contribution < 1.29 is 27.8 Å². The Morgan fingerprint density at radius 3 is 2.48 bits per heavy atom. The number of nitrogens with one attached hydrogen (secondary N) is 1. The van der Waals surface area contributed by atoms with Crippen LogP contribution in [0.2, 0.25) is 0 Å². The second-order valence-corrected chi connectivity index (χ2v) is 7.07. The average Bonchev–Trinajstić information content (AvgIpc) is 3.14. The third kappa shape index (κ3) is 6.30. The highest BCUT2D eigenvalue weighted by atomic mass is 32.1. The summed E-state index contributed by atoms with van der Waals surface area (Å²) in [5.74, 6) is -0.817. The van der Waals surface area contributed by atoms with Crippen molar-refractivity contribution in [1.29, 1.82) is 0 Å². The molecule has 9 heteroatoms. The molecule has 1 aromatic heterocycles. The number of carbonyl (C=O) groups is 1. The lowest BCUT2D eigenvalue weighted by Crippen LogP contribution is -2.28. The molecular weight excluding hydrogens is 405 g/mol. The van der Waals surface area contributed by atoms with Crippen molar-refractivity contribution in [3.05, 3.63) is 81.8 Å². The normalized spacial score (nSPS) is 12.4. The van der Waals surface area contributed by atoms with E-state index in [-0.39, 0.29) is 18.0 Å². The van der Waals surface area contributed by atoms with Crippen molar-refractivity contribution in [1.82, 2.24) is 10.3 Å². The van der Waals surface area contributed by atoms with Gasteiger partial charge in [0.2, 0.25) is 0 Å². The van der Waals surface area contributed by atoms with Crippen molar-refractivity contribution in [3.63, 3.8) is 0 Å². The van der Waals surface area contributed by atoms with Crippen LogP contribution in [0, 0.1) is 0 Å². The summed E-state index contributed by atoms with van der Waals surface area (Å²) in [6.45, 7) is -0.107. The van der Waals surface area contributed by atoms with Crippen molar-refractivity contribution in [2.75, 3.05) is 6.54 Å². The number of hydrogen-bond donors (Lipinski definition) is 2. The van der Waals surface area contributed by atoms with Crippen molar-refractivity contribution in [2.45, 2.75) is 18.9 Å². The zero-order chi connectivity index (χ0) is 20.9. The molecule has 5 nitrogen and oxygen atoms in total. The number of carbonyl (C=O) groups excluding carboxylic acids is 1. The van der Waals surface area contributed by atoms with Gasteiger partial charge in [-0.2, -0.15) is 0 Å². The molecule has 3 aromatic rings. The Labute approximate surface area is 168 Å². The molecule has 2 N–H and O–H groups in total. The molecule has 0 saturated carbocycles. The van der Waals surface area contributed by atoms with Crippen molar-refractivity contribution in [3.8, 4) is 5.75 Å². The van der Waals surface area contributed by atoms with Gasteiger partial charge in [0.15, 0.2) is 0 Å². The van der Waals surface area contributed by atoms with E-state index in [2.05, 4.69) is 15.0 Å². The van der Waals surface area contributed by atoms with Crippen LogP contribution in [-0.2, 0) is 6.42 Å². The summed E-state index contributed by atoms with van der Waals surface area (Å²) in [5, 5.41) is 15.2. The Morgan fingerprint density at radius 1 is 1.14 bits per heavy atom. The van der Waals surface area contributed by atoms with E-state index in [9.17, 15) is 23.1 Å². The second-order valence-electron chi connectivity index (χ2n) is 6.13. The fraction of sp³-hybridized carbons (Fsp3) is 0.200. The zero-order valence-corrected chi connectivity index (χ0v) is 15.8. The van der Waals surface area contributed by atoms with Gasteiger partial charge in [-0.05, 0) is 23.3 Å². The van der Waals surface area contributed by atoms with Crippen LogP contribution in [0.3, 0.4) is 0 Å². The number of rotatable bonds is 7. The first-order valence-corrected chi connectivity index (χ1v) is 9.48. The zero-order valence-electron chi connectivity index (χ0n) is 15.0. The molecule has 3 rings (SSSR count). The molecule has 0 aliphatic heterocycles. The number of aliphatic hydroxyl groups excluding tert-OH is 1. The molecule has 0 radical (unpaired) electrons. The van der Waals surface area contributed by atoms with Crippen LogP contribution in [0.1, 0.15) is 32.7 Å². The van der Waals surface area contributed by atoms with E-state index in [0.717, 1.165) is 22.7 Å². The Bertz CT molecular complexity index is 944. The molecule has 1 amide bonds. The summed E-state index contributed by atoms with van der Waals surface area (Å²) >= 11 is 1.37. The quantitative estimate of drug-likeness (QED) is 0.602. The fourth-order valence-corrected chi connectivity index (χ4v) is 3.36. The van der Waals surface area contributed by atoms with Crippen LogP contribution in [0.25, 0.3) is 0 Å². The summed E-state index contributed by atoms with van der Waals surface area (Å²) in [6.07, 6.45) is -5.24. The third-order valence-corrected chi connectivity index (χ3v) is 4.79. The number of halogens is 3. The summed E-state index contributed by atoms with van der Waals surface area (Å²) in [7, 11) is 0. The second kappa shape index (κ2) is 9.06.